The largest absolute Gasteiger partial charge is 0.483 e. The number of carbonyl (C=O) groups excluding carboxylic acids is 1. The highest BCUT2D eigenvalue weighted by Crippen LogP contribution is 2.15. The fraction of sp³-hybridized carbons (Fsp3) is 0.304. The number of nitrogens with one attached hydrogen (secondary N) is 2. The van der Waals surface area contributed by atoms with Crippen molar-refractivity contribution in [2.45, 2.75) is 33.3 Å². The van der Waals surface area contributed by atoms with Gasteiger partial charge in [0.1, 0.15) is 6.61 Å². The van der Waals surface area contributed by atoms with E-state index in [-0.39, 0.29) is 35.9 Å². The van der Waals surface area contributed by atoms with Crippen molar-refractivity contribution in [2.24, 2.45) is 7.05 Å². The quantitative estimate of drug-likeness (QED) is 0.365. The van der Waals surface area contributed by atoms with E-state index in [0.717, 1.165) is 29.8 Å². The van der Waals surface area contributed by atoms with Crippen molar-refractivity contribution in [2.75, 3.05) is 6.54 Å². The Morgan fingerprint density at radius 3 is 2.56 bits per heavy atom. The van der Waals surface area contributed by atoms with Gasteiger partial charge in [0, 0.05) is 31.5 Å². The van der Waals surface area contributed by atoms with Crippen LogP contribution >= 0.6 is 0 Å². The van der Waals surface area contributed by atoms with E-state index in [9.17, 15) is 9.59 Å². The molecule has 0 fully saturated rings. The van der Waals surface area contributed by atoms with Gasteiger partial charge in [-0.3, -0.25) is 19.5 Å². The van der Waals surface area contributed by atoms with Gasteiger partial charge in [0.15, 0.2) is 11.4 Å². The molecule has 0 aliphatic carbocycles. The minimum atomic E-state index is -0.325. The SMILES string of the molecule is Cc1n[nH]c(C)c1CCCNC(=O)c1c(OCc2ccccc2)c(=O)ccn1C.O=CO. The smallest absolute Gasteiger partial charge is 0.290 e. The third kappa shape index (κ3) is 6.56. The number of ether oxygens (including phenoxy) is 1. The van der Waals surface area contributed by atoms with Crippen LogP contribution in [-0.4, -0.2) is 38.8 Å². The molecule has 32 heavy (non-hydrogen) atoms. The lowest BCUT2D eigenvalue weighted by Crippen LogP contribution is -2.30. The molecule has 1 aromatic carbocycles. The first-order valence-corrected chi connectivity index (χ1v) is 10.1. The molecule has 170 valence electrons. The number of H-pyrrole nitrogens is 1. The third-order valence-electron chi connectivity index (χ3n) is 4.85. The van der Waals surface area contributed by atoms with E-state index in [1.807, 2.05) is 44.2 Å². The number of benzene rings is 1. The van der Waals surface area contributed by atoms with Crippen molar-refractivity contribution in [3.8, 4) is 5.75 Å². The summed E-state index contributed by atoms with van der Waals surface area (Å²) in [6.45, 7) is 4.42. The van der Waals surface area contributed by atoms with Gasteiger partial charge in [-0.15, -0.1) is 0 Å². The number of aryl methyl sites for hydroxylation is 3. The maximum absolute atomic E-state index is 12.8. The molecule has 2 heterocycles. The second kappa shape index (κ2) is 12.1. The molecule has 0 saturated heterocycles. The minimum absolute atomic E-state index is 0.0675. The van der Waals surface area contributed by atoms with Crippen molar-refractivity contribution < 1.29 is 19.4 Å². The Morgan fingerprint density at radius 2 is 1.94 bits per heavy atom. The lowest BCUT2D eigenvalue weighted by Gasteiger charge is -2.14. The normalized spacial score (nSPS) is 10.1. The maximum Gasteiger partial charge on any atom is 0.290 e. The van der Waals surface area contributed by atoms with Crippen LogP contribution in [0.4, 0.5) is 0 Å². The number of amides is 1. The topological polar surface area (TPSA) is 126 Å². The van der Waals surface area contributed by atoms with Crippen LogP contribution in [0.5, 0.6) is 5.75 Å². The van der Waals surface area contributed by atoms with Crippen LogP contribution < -0.4 is 15.5 Å². The van der Waals surface area contributed by atoms with Crippen LogP contribution in [0.1, 0.15) is 39.4 Å². The fourth-order valence-electron chi connectivity index (χ4n) is 3.23. The highest BCUT2D eigenvalue weighted by atomic mass is 16.5. The highest BCUT2D eigenvalue weighted by molar-refractivity contribution is 5.95. The second-order valence-electron chi connectivity index (χ2n) is 7.12. The van der Waals surface area contributed by atoms with E-state index in [0.29, 0.717) is 6.54 Å². The van der Waals surface area contributed by atoms with Crippen LogP contribution in [0.3, 0.4) is 0 Å². The molecule has 0 aliphatic heterocycles. The van der Waals surface area contributed by atoms with Crippen LogP contribution in [0.2, 0.25) is 0 Å². The third-order valence-corrected chi connectivity index (χ3v) is 4.85. The standard InChI is InChI=1S/C22H26N4O3.CH2O2/c1-15-18(16(2)25-24-15)10-7-12-23-22(28)20-21(19(27)11-13-26(20)3)29-14-17-8-5-4-6-9-17;2-1-3/h4-6,8-9,11,13H,7,10,12,14H2,1-3H3,(H,23,28)(H,24,25);1H,(H,2,3). The van der Waals surface area contributed by atoms with Gasteiger partial charge in [-0.1, -0.05) is 30.3 Å². The number of carbonyl (C=O) groups is 2. The summed E-state index contributed by atoms with van der Waals surface area (Å²) in [5.41, 5.74) is 4.05. The number of pyridine rings is 1. The molecule has 0 unspecified atom stereocenters. The Hall–Kier alpha value is -3.88. The summed E-state index contributed by atoms with van der Waals surface area (Å²) in [5.74, 6) is -0.258. The minimum Gasteiger partial charge on any atom is -0.483 e. The second-order valence-corrected chi connectivity index (χ2v) is 7.12. The zero-order valence-electron chi connectivity index (χ0n) is 18.4. The number of aromatic nitrogens is 3. The van der Waals surface area contributed by atoms with Crippen LogP contribution in [-0.2, 0) is 24.9 Å². The summed E-state index contributed by atoms with van der Waals surface area (Å²) >= 11 is 0. The maximum atomic E-state index is 12.8. The number of aromatic amines is 1. The van der Waals surface area contributed by atoms with Crippen molar-refractivity contribution in [1.29, 1.82) is 0 Å². The van der Waals surface area contributed by atoms with E-state index in [4.69, 9.17) is 14.6 Å². The average molecular weight is 441 g/mol. The Labute approximate surface area is 186 Å². The first-order valence-electron chi connectivity index (χ1n) is 10.1. The first kappa shape index (κ1) is 24.4. The molecule has 1 amide bonds. The zero-order chi connectivity index (χ0) is 23.5. The van der Waals surface area contributed by atoms with Gasteiger partial charge in [0.05, 0.1) is 5.69 Å². The summed E-state index contributed by atoms with van der Waals surface area (Å²) in [4.78, 5) is 33.5. The number of carboxylic acid groups (broad SMARTS) is 1. The molecule has 3 aromatic rings. The highest BCUT2D eigenvalue weighted by Gasteiger charge is 2.19. The van der Waals surface area contributed by atoms with E-state index >= 15 is 0 Å². The summed E-state index contributed by atoms with van der Waals surface area (Å²) < 4.78 is 7.36. The number of rotatable bonds is 8. The molecular weight excluding hydrogens is 412 g/mol. The van der Waals surface area contributed by atoms with E-state index in [2.05, 4.69) is 15.5 Å². The predicted octanol–water partition coefficient (Wildman–Crippen LogP) is 2.37. The van der Waals surface area contributed by atoms with Crippen molar-refractivity contribution >= 4 is 12.4 Å². The van der Waals surface area contributed by atoms with Crippen LogP contribution in [0, 0.1) is 13.8 Å². The van der Waals surface area contributed by atoms with Crippen LogP contribution in [0.25, 0.3) is 0 Å². The number of nitrogens with zero attached hydrogens (tertiary/aromatic N) is 2. The summed E-state index contributed by atoms with van der Waals surface area (Å²) in [6, 6.07) is 10.9. The van der Waals surface area contributed by atoms with Gasteiger partial charge in [0.25, 0.3) is 12.4 Å². The lowest BCUT2D eigenvalue weighted by molar-refractivity contribution is -0.122. The lowest BCUT2D eigenvalue weighted by atomic mass is 10.1. The zero-order valence-corrected chi connectivity index (χ0v) is 18.4. The van der Waals surface area contributed by atoms with E-state index in [1.54, 1.807) is 17.8 Å². The average Bonchev–Trinajstić information content (AvgIpc) is 3.10. The molecule has 0 saturated carbocycles. The number of hydrogen-bond donors (Lipinski definition) is 3. The molecule has 0 spiro atoms. The van der Waals surface area contributed by atoms with Gasteiger partial charge in [-0.25, -0.2) is 0 Å². The van der Waals surface area contributed by atoms with Gasteiger partial charge < -0.3 is 19.7 Å². The Bertz CT molecular complexity index is 1070. The van der Waals surface area contributed by atoms with Crippen molar-refractivity contribution in [3.05, 3.63) is 81.0 Å². The Morgan fingerprint density at radius 1 is 1.25 bits per heavy atom. The van der Waals surface area contributed by atoms with E-state index in [1.165, 1.54) is 11.6 Å². The van der Waals surface area contributed by atoms with Crippen molar-refractivity contribution in [3.63, 3.8) is 0 Å². The van der Waals surface area contributed by atoms with Crippen LogP contribution in [0.15, 0.2) is 47.4 Å². The molecule has 2 aromatic heterocycles. The van der Waals surface area contributed by atoms with Gasteiger partial charge in [-0.2, -0.15) is 5.10 Å². The summed E-state index contributed by atoms with van der Waals surface area (Å²) in [6.07, 6.45) is 3.16. The monoisotopic (exact) mass is 440 g/mol. The number of hydrogen-bond acceptors (Lipinski definition) is 5. The van der Waals surface area contributed by atoms with Gasteiger partial charge in [-0.05, 0) is 37.8 Å². The summed E-state index contributed by atoms with van der Waals surface area (Å²) in [5, 5.41) is 16.9. The predicted molar refractivity (Wildman–Crippen MR) is 120 cm³/mol. The first-order chi connectivity index (χ1) is 15.4. The molecular formula is C23H28N4O5. The molecule has 9 heteroatoms. The van der Waals surface area contributed by atoms with Crippen molar-refractivity contribution in [1.82, 2.24) is 20.1 Å². The molecule has 3 N–H and O–H groups in total. The molecule has 0 atom stereocenters. The van der Waals surface area contributed by atoms with Gasteiger partial charge >= 0.3 is 0 Å². The molecule has 0 aliphatic rings. The van der Waals surface area contributed by atoms with Gasteiger partial charge in [0.2, 0.25) is 5.43 Å². The Balaban J connectivity index is 0.00000114. The molecule has 3 rings (SSSR count). The summed E-state index contributed by atoms with van der Waals surface area (Å²) in [7, 11) is 1.72. The fourth-order valence-corrected chi connectivity index (χ4v) is 3.23. The Kier molecular flexibility index (Phi) is 9.22. The molecule has 0 radical (unpaired) electrons. The molecule has 0 bridgehead atoms. The molecule has 9 nitrogen and oxygen atoms in total. The van der Waals surface area contributed by atoms with E-state index < -0.39 is 0 Å².